The molecule has 5 rings (SSSR count). The molecule has 0 saturated carbocycles. The van der Waals surface area contributed by atoms with Crippen LogP contribution in [0.15, 0.2) is 78.0 Å². The Labute approximate surface area is 222 Å². The van der Waals surface area contributed by atoms with Gasteiger partial charge < -0.3 is 24.3 Å². The molecule has 2 unspecified atom stereocenters. The number of allylic oxidation sites excluding steroid dienone is 2. The number of hydrogen-bond acceptors (Lipinski definition) is 6. The van der Waals surface area contributed by atoms with Crippen molar-refractivity contribution in [3.8, 4) is 23.0 Å². The Balaban J connectivity index is 1.47. The standard InChI is InChI=1S/C31H31NO6/c1-35-27-15-21(16-28(36-2)31(27)37-3)20-13-24-30(25(33)14-20)23(17-29(34)32-24)22-11-7-8-12-26(22)38-18-19-9-5-4-6-10-19/h4-12,15-16,20,23H,13-14,17-18H2,1-3H3,(H,32,34). The van der Waals surface area contributed by atoms with Crippen molar-refractivity contribution in [1.29, 1.82) is 0 Å². The number of methoxy groups -OCH3 is 3. The van der Waals surface area contributed by atoms with E-state index >= 15 is 0 Å². The average molecular weight is 514 g/mol. The van der Waals surface area contributed by atoms with Gasteiger partial charge in [-0.05, 0) is 41.7 Å². The maximum Gasteiger partial charge on any atom is 0.225 e. The molecular weight excluding hydrogens is 482 g/mol. The topological polar surface area (TPSA) is 83.1 Å². The lowest BCUT2D eigenvalue weighted by Gasteiger charge is -2.35. The molecule has 2 atom stereocenters. The fourth-order valence-corrected chi connectivity index (χ4v) is 5.43. The molecule has 0 radical (unpaired) electrons. The monoisotopic (exact) mass is 513 g/mol. The third-order valence-corrected chi connectivity index (χ3v) is 7.23. The summed E-state index contributed by atoms with van der Waals surface area (Å²) in [5.74, 6) is 1.66. The predicted molar refractivity (Wildman–Crippen MR) is 143 cm³/mol. The van der Waals surface area contributed by atoms with Crippen molar-refractivity contribution in [2.75, 3.05) is 21.3 Å². The van der Waals surface area contributed by atoms with Crippen molar-refractivity contribution in [3.63, 3.8) is 0 Å². The number of nitrogens with one attached hydrogen (secondary N) is 1. The van der Waals surface area contributed by atoms with Crippen molar-refractivity contribution in [2.45, 2.75) is 37.7 Å². The number of benzene rings is 3. The van der Waals surface area contributed by atoms with Crippen LogP contribution in [0.5, 0.6) is 23.0 Å². The van der Waals surface area contributed by atoms with Crippen LogP contribution in [-0.4, -0.2) is 33.0 Å². The minimum absolute atomic E-state index is 0.0212. The first kappa shape index (κ1) is 25.4. The van der Waals surface area contributed by atoms with Gasteiger partial charge in [-0.15, -0.1) is 0 Å². The molecule has 7 nitrogen and oxygen atoms in total. The molecule has 2 aliphatic rings. The number of carbonyl (C=O) groups excluding carboxylic acids is 2. The number of ketones is 1. The van der Waals surface area contributed by atoms with E-state index in [1.54, 1.807) is 21.3 Å². The zero-order valence-corrected chi connectivity index (χ0v) is 21.8. The molecule has 0 spiro atoms. The molecule has 1 aliphatic heterocycles. The Morgan fingerprint density at radius 1 is 0.789 bits per heavy atom. The summed E-state index contributed by atoms with van der Waals surface area (Å²) >= 11 is 0. The molecule has 3 aromatic carbocycles. The molecule has 196 valence electrons. The third-order valence-electron chi connectivity index (χ3n) is 7.23. The molecule has 1 amide bonds. The van der Waals surface area contributed by atoms with E-state index in [9.17, 15) is 9.59 Å². The molecule has 0 saturated heterocycles. The summed E-state index contributed by atoms with van der Waals surface area (Å²) in [6.45, 7) is 0.403. The van der Waals surface area contributed by atoms with Gasteiger partial charge in [-0.25, -0.2) is 0 Å². The molecule has 1 aliphatic carbocycles. The number of Topliss-reactive ketones (excluding diaryl/α,β-unsaturated/α-hetero) is 1. The first-order valence-corrected chi connectivity index (χ1v) is 12.6. The first-order chi connectivity index (χ1) is 18.5. The first-order valence-electron chi connectivity index (χ1n) is 12.6. The van der Waals surface area contributed by atoms with Crippen LogP contribution < -0.4 is 24.3 Å². The molecule has 0 aromatic heterocycles. The van der Waals surface area contributed by atoms with Crippen LogP contribution in [-0.2, 0) is 16.2 Å². The van der Waals surface area contributed by atoms with Crippen LogP contribution in [0.25, 0.3) is 0 Å². The average Bonchev–Trinajstić information content (AvgIpc) is 2.95. The van der Waals surface area contributed by atoms with E-state index in [4.69, 9.17) is 18.9 Å². The summed E-state index contributed by atoms with van der Waals surface area (Å²) in [7, 11) is 4.69. The molecule has 1 N–H and O–H groups in total. The van der Waals surface area contributed by atoms with Crippen molar-refractivity contribution < 1.29 is 28.5 Å². The number of ether oxygens (including phenoxy) is 4. The van der Waals surface area contributed by atoms with Gasteiger partial charge in [0.15, 0.2) is 17.3 Å². The van der Waals surface area contributed by atoms with Gasteiger partial charge >= 0.3 is 0 Å². The number of carbonyl (C=O) groups is 2. The quantitative estimate of drug-likeness (QED) is 0.440. The maximum atomic E-state index is 13.7. The Kier molecular flexibility index (Phi) is 7.36. The number of rotatable bonds is 8. The molecule has 7 heteroatoms. The Bertz CT molecular complexity index is 1360. The number of para-hydroxylation sites is 1. The van der Waals surface area contributed by atoms with E-state index in [-0.39, 0.29) is 29.9 Å². The van der Waals surface area contributed by atoms with E-state index < -0.39 is 0 Å². The normalized spacial score (nSPS) is 18.9. The summed E-state index contributed by atoms with van der Waals surface area (Å²) < 4.78 is 22.7. The molecule has 0 fully saturated rings. The lowest BCUT2D eigenvalue weighted by Crippen LogP contribution is -2.38. The van der Waals surface area contributed by atoms with Gasteiger partial charge in [0.05, 0.1) is 21.3 Å². The van der Waals surface area contributed by atoms with Crippen LogP contribution in [0.4, 0.5) is 0 Å². The highest BCUT2D eigenvalue weighted by Crippen LogP contribution is 2.47. The van der Waals surface area contributed by atoms with E-state index in [1.165, 1.54) is 0 Å². The van der Waals surface area contributed by atoms with Crippen LogP contribution in [0, 0.1) is 0 Å². The van der Waals surface area contributed by atoms with Gasteiger partial charge in [-0.2, -0.15) is 0 Å². The van der Waals surface area contributed by atoms with Crippen LogP contribution in [0.1, 0.15) is 47.8 Å². The lowest BCUT2D eigenvalue weighted by molar-refractivity contribution is -0.122. The second kappa shape index (κ2) is 11.0. The van der Waals surface area contributed by atoms with Crippen molar-refractivity contribution in [1.82, 2.24) is 5.32 Å². The largest absolute Gasteiger partial charge is 0.493 e. The third kappa shape index (κ3) is 4.96. The highest BCUT2D eigenvalue weighted by molar-refractivity contribution is 6.02. The molecular formula is C31H31NO6. The van der Waals surface area contributed by atoms with E-state index in [2.05, 4.69) is 5.32 Å². The fraction of sp³-hybridized carbons (Fsp3) is 0.290. The number of amides is 1. The summed E-state index contributed by atoms with van der Waals surface area (Å²) in [4.78, 5) is 26.6. The molecule has 1 heterocycles. The van der Waals surface area contributed by atoms with E-state index in [0.717, 1.165) is 16.7 Å². The summed E-state index contributed by atoms with van der Waals surface area (Å²) in [6.07, 6.45) is 1.04. The molecule has 3 aromatic rings. The fourth-order valence-electron chi connectivity index (χ4n) is 5.43. The second-order valence-corrected chi connectivity index (χ2v) is 9.50. The van der Waals surface area contributed by atoms with E-state index in [0.29, 0.717) is 53.7 Å². The van der Waals surface area contributed by atoms with Crippen LogP contribution in [0.2, 0.25) is 0 Å². The van der Waals surface area contributed by atoms with Crippen molar-refractivity contribution in [2.24, 2.45) is 0 Å². The SMILES string of the molecule is COc1cc(C2CC(=O)C3=C(C2)NC(=O)CC3c2ccccc2OCc2ccccc2)cc(OC)c1OC. The zero-order valence-electron chi connectivity index (χ0n) is 21.8. The van der Waals surface area contributed by atoms with Crippen LogP contribution >= 0.6 is 0 Å². The highest BCUT2D eigenvalue weighted by atomic mass is 16.5. The maximum absolute atomic E-state index is 13.7. The molecule has 0 bridgehead atoms. The summed E-state index contributed by atoms with van der Waals surface area (Å²) in [5, 5.41) is 3.00. The summed E-state index contributed by atoms with van der Waals surface area (Å²) in [6, 6.07) is 21.3. The van der Waals surface area contributed by atoms with Crippen LogP contribution in [0.3, 0.4) is 0 Å². The molecule has 38 heavy (non-hydrogen) atoms. The van der Waals surface area contributed by atoms with Gasteiger partial charge in [-0.1, -0.05) is 48.5 Å². The number of hydrogen-bond donors (Lipinski definition) is 1. The minimum Gasteiger partial charge on any atom is -0.493 e. The van der Waals surface area contributed by atoms with Crippen molar-refractivity contribution >= 4 is 11.7 Å². The predicted octanol–water partition coefficient (Wildman–Crippen LogP) is 5.30. The lowest BCUT2D eigenvalue weighted by atomic mass is 9.73. The van der Waals surface area contributed by atoms with Gasteiger partial charge in [-0.3, -0.25) is 9.59 Å². The zero-order chi connectivity index (χ0) is 26.6. The van der Waals surface area contributed by atoms with E-state index in [1.807, 2.05) is 66.7 Å². The van der Waals surface area contributed by atoms with Gasteiger partial charge in [0.2, 0.25) is 11.7 Å². The Morgan fingerprint density at radius 2 is 1.47 bits per heavy atom. The van der Waals surface area contributed by atoms with Gasteiger partial charge in [0, 0.05) is 35.6 Å². The van der Waals surface area contributed by atoms with Gasteiger partial charge in [0.1, 0.15) is 12.4 Å². The Morgan fingerprint density at radius 3 is 2.16 bits per heavy atom. The van der Waals surface area contributed by atoms with Crippen molar-refractivity contribution in [3.05, 3.63) is 94.7 Å². The summed E-state index contributed by atoms with van der Waals surface area (Å²) in [5.41, 5.74) is 4.14. The Hall–Kier alpha value is -4.26. The minimum atomic E-state index is -0.362. The smallest absolute Gasteiger partial charge is 0.225 e. The van der Waals surface area contributed by atoms with Gasteiger partial charge in [0.25, 0.3) is 0 Å². The highest BCUT2D eigenvalue weighted by Gasteiger charge is 2.39. The second-order valence-electron chi connectivity index (χ2n) is 9.50.